The monoisotopic (exact) mass is 394 g/mol. The van der Waals surface area contributed by atoms with Crippen LogP contribution in [0.2, 0.25) is 0 Å². The van der Waals surface area contributed by atoms with Gasteiger partial charge >= 0.3 is 0 Å². The fourth-order valence-electron chi connectivity index (χ4n) is 4.19. The van der Waals surface area contributed by atoms with Crippen LogP contribution >= 0.6 is 0 Å². The van der Waals surface area contributed by atoms with Crippen molar-refractivity contribution < 1.29 is 19.0 Å². The number of aromatic amines is 1. The quantitative estimate of drug-likeness (QED) is 0.704. The molecule has 1 saturated heterocycles. The molecule has 1 fully saturated rings. The van der Waals surface area contributed by atoms with Gasteiger partial charge in [-0.1, -0.05) is 18.2 Å². The molecular weight excluding hydrogens is 368 g/mol. The molecular formula is C23H26N2O4. The number of hydrogen-bond acceptors (Lipinski definition) is 4. The molecule has 1 aromatic heterocycles. The van der Waals surface area contributed by atoms with Crippen LogP contribution in [0.3, 0.4) is 0 Å². The van der Waals surface area contributed by atoms with Gasteiger partial charge in [0.2, 0.25) is 0 Å². The second-order valence-electron chi connectivity index (χ2n) is 7.26. The van der Waals surface area contributed by atoms with Crippen LogP contribution in [0.5, 0.6) is 17.2 Å². The SMILES string of the molecule is COc1cc(OC)c(C(=O)N2CCC(c3c[nH]c4ccccc34)CC2)cc1OC. The maximum absolute atomic E-state index is 13.2. The van der Waals surface area contributed by atoms with Crippen molar-refractivity contribution in [1.29, 1.82) is 0 Å². The van der Waals surface area contributed by atoms with Crippen LogP contribution in [0.4, 0.5) is 0 Å². The van der Waals surface area contributed by atoms with E-state index in [0.29, 0.717) is 41.8 Å². The molecule has 152 valence electrons. The zero-order valence-corrected chi connectivity index (χ0v) is 17.0. The lowest BCUT2D eigenvalue weighted by Crippen LogP contribution is -2.38. The van der Waals surface area contributed by atoms with E-state index < -0.39 is 0 Å². The van der Waals surface area contributed by atoms with E-state index in [0.717, 1.165) is 18.4 Å². The summed E-state index contributed by atoms with van der Waals surface area (Å²) in [5.41, 5.74) is 3.00. The van der Waals surface area contributed by atoms with Crippen molar-refractivity contribution in [2.45, 2.75) is 18.8 Å². The largest absolute Gasteiger partial charge is 0.496 e. The van der Waals surface area contributed by atoms with Gasteiger partial charge in [0.25, 0.3) is 5.91 Å². The van der Waals surface area contributed by atoms with E-state index in [2.05, 4.69) is 29.4 Å². The van der Waals surface area contributed by atoms with Crippen molar-refractivity contribution in [3.05, 3.63) is 53.7 Å². The zero-order chi connectivity index (χ0) is 20.4. The molecule has 4 rings (SSSR count). The van der Waals surface area contributed by atoms with E-state index in [4.69, 9.17) is 14.2 Å². The van der Waals surface area contributed by atoms with Gasteiger partial charge in [0.15, 0.2) is 11.5 Å². The Bertz CT molecular complexity index is 1020. The Morgan fingerprint density at radius 1 is 0.966 bits per heavy atom. The molecule has 3 aromatic rings. The number of amides is 1. The minimum Gasteiger partial charge on any atom is -0.496 e. The number of rotatable bonds is 5. The van der Waals surface area contributed by atoms with Crippen LogP contribution in [0, 0.1) is 0 Å². The highest BCUT2D eigenvalue weighted by Crippen LogP contribution is 2.37. The summed E-state index contributed by atoms with van der Waals surface area (Å²) in [6, 6.07) is 11.8. The summed E-state index contributed by atoms with van der Waals surface area (Å²) < 4.78 is 16.1. The van der Waals surface area contributed by atoms with Crippen LogP contribution in [-0.2, 0) is 0 Å². The van der Waals surface area contributed by atoms with Gasteiger partial charge in [-0.3, -0.25) is 4.79 Å². The van der Waals surface area contributed by atoms with Gasteiger partial charge in [0.05, 0.1) is 26.9 Å². The van der Waals surface area contributed by atoms with Gasteiger partial charge < -0.3 is 24.1 Å². The molecule has 6 nitrogen and oxygen atoms in total. The predicted octanol–water partition coefficient (Wildman–Crippen LogP) is 4.21. The minimum atomic E-state index is -0.0415. The molecule has 1 aliphatic rings. The summed E-state index contributed by atoms with van der Waals surface area (Å²) in [5, 5.41) is 1.28. The van der Waals surface area contributed by atoms with Crippen molar-refractivity contribution in [2.75, 3.05) is 34.4 Å². The number of nitrogens with zero attached hydrogens (tertiary/aromatic N) is 1. The Balaban J connectivity index is 1.52. The summed E-state index contributed by atoms with van der Waals surface area (Å²) in [6.07, 6.45) is 3.98. The van der Waals surface area contributed by atoms with Gasteiger partial charge in [-0.05, 0) is 30.4 Å². The first kappa shape index (κ1) is 19.2. The maximum Gasteiger partial charge on any atom is 0.257 e. The molecule has 0 atom stereocenters. The molecule has 0 unspecified atom stereocenters. The van der Waals surface area contributed by atoms with Gasteiger partial charge in [-0.25, -0.2) is 0 Å². The number of carbonyl (C=O) groups is 1. The summed E-state index contributed by atoms with van der Waals surface area (Å²) in [4.78, 5) is 18.5. The third-order valence-electron chi connectivity index (χ3n) is 5.78. The summed E-state index contributed by atoms with van der Waals surface area (Å²) in [7, 11) is 4.68. The zero-order valence-electron chi connectivity index (χ0n) is 17.0. The van der Waals surface area contributed by atoms with E-state index in [1.807, 2.05) is 11.0 Å². The van der Waals surface area contributed by atoms with Crippen molar-refractivity contribution in [3.8, 4) is 17.2 Å². The number of piperidine rings is 1. The number of nitrogens with one attached hydrogen (secondary N) is 1. The van der Waals surface area contributed by atoms with E-state index in [1.54, 1.807) is 33.5 Å². The van der Waals surface area contributed by atoms with Crippen molar-refractivity contribution in [3.63, 3.8) is 0 Å². The molecule has 1 N–H and O–H groups in total. The van der Waals surface area contributed by atoms with Crippen LogP contribution in [0.25, 0.3) is 10.9 Å². The number of fused-ring (bicyclic) bond motifs is 1. The Labute approximate surface area is 170 Å². The average Bonchev–Trinajstić information content (AvgIpc) is 3.22. The number of hydrogen-bond donors (Lipinski definition) is 1. The van der Waals surface area contributed by atoms with Crippen LogP contribution < -0.4 is 14.2 Å². The number of benzene rings is 2. The molecule has 0 bridgehead atoms. The Hall–Kier alpha value is -3.15. The minimum absolute atomic E-state index is 0.0415. The molecule has 2 aromatic carbocycles. The molecule has 1 amide bonds. The summed E-state index contributed by atoms with van der Waals surface area (Å²) in [6.45, 7) is 1.42. The van der Waals surface area contributed by atoms with Gasteiger partial charge in [0, 0.05) is 42.3 Å². The van der Waals surface area contributed by atoms with Crippen LogP contribution in [-0.4, -0.2) is 50.2 Å². The number of H-pyrrole nitrogens is 1. The van der Waals surface area contributed by atoms with E-state index >= 15 is 0 Å². The predicted molar refractivity (Wildman–Crippen MR) is 112 cm³/mol. The molecule has 6 heteroatoms. The molecule has 0 aliphatic carbocycles. The van der Waals surface area contributed by atoms with E-state index in [1.165, 1.54) is 10.9 Å². The third-order valence-corrected chi connectivity index (χ3v) is 5.78. The summed E-state index contributed by atoms with van der Waals surface area (Å²) in [5.74, 6) is 1.96. The Kier molecular flexibility index (Phi) is 5.34. The highest BCUT2D eigenvalue weighted by molar-refractivity contribution is 5.98. The van der Waals surface area contributed by atoms with Crippen molar-refractivity contribution in [2.24, 2.45) is 0 Å². The lowest BCUT2D eigenvalue weighted by Gasteiger charge is -2.32. The van der Waals surface area contributed by atoms with Crippen LogP contribution in [0.1, 0.15) is 34.7 Å². The molecule has 2 heterocycles. The van der Waals surface area contributed by atoms with Crippen molar-refractivity contribution in [1.82, 2.24) is 9.88 Å². The number of ether oxygens (including phenoxy) is 3. The maximum atomic E-state index is 13.2. The standard InChI is InChI=1S/C23H26N2O4/c1-27-20-13-22(29-3)21(28-2)12-17(20)23(26)25-10-8-15(9-11-25)18-14-24-19-7-5-4-6-16(18)19/h4-7,12-15,24H,8-11H2,1-3H3. The molecule has 29 heavy (non-hydrogen) atoms. The lowest BCUT2D eigenvalue weighted by atomic mass is 9.89. The molecule has 0 radical (unpaired) electrons. The first-order chi connectivity index (χ1) is 14.2. The topological polar surface area (TPSA) is 63.8 Å². The lowest BCUT2D eigenvalue weighted by molar-refractivity contribution is 0.0709. The number of methoxy groups -OCH3 is 3. The first-order valence-corrected chi connectivity index (χ1v) is 9.81. The number of aromatic nitrogens is 1. The second-order valence-corrected chi connectivity index (χ2v) is 7.26. The highest BCUT2D eigenvalue weighted by Gasteiger charge is 2.28. The fraction of sp³-hybridized carbons (Fsp3) is 0.348. The average molecular weight is 394 g/mol. The van der Waals surface area contributed by atoms with Gasteiger partial charge in [-0.15, -0.1) is 0 Å². The number of para-hydroxylation sites is 1. The number of carbonyl (C=O) groups excluding carboxylic acids is 1. The first-order valence-electron chi connectivity index (χ1n) is 9.81. The smallest absolute Gasteiger partial charge is 0.257 e. The Morgan fingerprint density at radius 3 is 2.31 bits per heavy atom. The van der Waals surface area contributed by atoms with Crippen LogP contribution in [0.15, 0.2) is 42.6 Å². The third kappa shape index (κ3) is 3.50. The molecule has 1 aliphatic heterocycles. The van der Waals surface area contributed by atoms with E-state index in [9.17, 15) is 4.79 Å². The van der Waals surface area contributed by atoms with Gasteiger partial charge in [0.1, 0.15) is 5.75 Å². The van der Waals surface area contributed by atoms with Crippen molar-refractivity contribution >= 4 is 16.8 Å². The highest BCUT2D eigenvalue weighted by atomic mass is 16.5. The fourth-order valence-corrected chi connectivity index (χ4v) is 4.19. The summed E-state index contributed by atoms with van der Waals surface area (Å²) >= 11 is 0. The second kappa shape index (κ2) is 8.07. The Morgan fingerprint density at radius 2 is 1.62 bits per heavy atom. The van der Waals surface area contributed by atoms with Gasteiger partial charge in [-0.2, -0.15) is 0 Å². The normalized spacial score (nSPS) is 14.8. The molecule has 0 spiro atoms. The molecule has 0 saturated carbocycles. The van der Waals surface area contributed by atoms with E-state index in [-0.39, 0.29) is 5.91 Å². The number of likely N-dealkylation sites (tertiary alicyclic amines) is 1.